The van der Waals surface area contributed by atoms with Crippen LogP contribution in [0.15, 0.2) is 59.5 Å². The molecule has 3 rings (SSSR count). The van der Waals surface area contributed by atoms with Crippen molar-refractivity contribution in [1.82, 2.24) is 9.88 Å². The van der Waals surface area contributed by atoms with E-state index in [9.17, 15) is 4.79 Å². The highest BCUT2D eigenvalue weighted by Gasteiger charge is 2.11. The van der Waals surface area contributed by atoms with E-state index in [1.807, 2.05) is 49.6 Å². The molecule has 0 atom stereocenters. The third-order valence-corrected chi connectivity index (χ3v) is 3.76. The van der Waals surface area contributed by atoms with E-state index < -0.39 is 0 Å². The number of aryl methyl sites for hydroxylation is 1. The van der Waals surface area contributed by atoms with Gasteiger partial charge in [0.05, 0.1) is 6.67 Å². The van der Waals surface area contributed by atoms with E-state index in [4.69, 9.17) is 0 Å². The highest BCUT2D eigenvalue weighted by molar-refractivity contribution is 5.96. The summed E-state index contributed by atoms with van der Waals surface area (Å²) in [5.41, 5.74) is 3.51. The highest BCUT2D eigenvalue weighted by Crippen LogP contribution is 2.29. The summed E-state index contributed by atoms with van der Waals surface area (Å²) in [4.78, 5) is 12.5. The van der Waals surface area contributed by atoms with Gasteiger partial charge in [-0.2, -0.15) is 0 Å². The lowest BCUT2D eigenvalue weighted by Gasteiger charge is -2.13. The molecule has 2 aromatic carbocycles. The van der Waals surface area contributed by atoms with E-state index in [1.165, 1.54) is 11.1 Å². The fraction of sp³-hybridized carbons (Fsp3) is 0.167. The maximum atomic E-state index is 12.5. The molecule has 0 saturated heterocycles. The van der Waals surface area contributed by atoms with Gasteiger partial charge < -0.3 is 9.88 Å². The van der Waals surface area contributed by atoms with Crippen LogP contribution in [0, 0.1) is 6.92 Å². The zero-order chi connectivity index (χ0) is 14.8. The first-order chi connectivity index (χ1) is 10.2. The van der Waals surface area contributed by atoms with Gasteiger partial charge in [-0.25, -0.2) is 0 Å². The molecule has 106 valence electrons. The fourth-order valence-corrected chi connectivity index (χ4v) is 2.72. The van der Waals surface area contributed by atoms with Crippen molar-refractivity contribution < 1.29 is 0 Å². The minimum absolute atomic E-state index is 0.0392. The van der Waals surface area contributed by atoms with Crippen LogP contribution in [0.5, 0.6) is 0 Å². The normalized spacial score (nSPS) is 11.0. The minimum atomic E-state index is 0.0392. The smallest absolute Gasteiger partial charge is 0.259 e. The maximum Gasteiger partial charge on any atom is 0.259 e. The van der Waals surface area contributed by atoms with Gasteiger partial charge in [-0.15, -0.1) is 0 Å². The Labute approximate surface area is 123 Å². The topological polar surface area (TPSA) is 34.0 Å². The molecule has 0 aliphatic carbocycles. The number of hydrogen-bond donors (Lipinski definition) is 1. The van der Waals surface area contributed by atoms with Gasteiger partial charge in [-0.05, 0) is 36.6 Å². The molecule has 0 bridgehead atoms. The first-order valence-corrected chi connectivity index (χ1v) is 7.05. The zero-order valence-corrected chi connectivity index (χ0v) is 12.3. The standard InChI is InChI=1S/C18H18N2O/c1-13-7-3-4-8-14(13)17-11-20(12-19-2)18(21)16-10-6-5-9-15(16)17/h3-11,19H,12H2,1-2H3. The zero-order valence-electron chi connectivity index (χ0n) is 12.3. The third kappa shape index (κ3) is 2.36. The van der Waals surface area contributed by atoms with Gasteiger partial charge in [0.25, 0.3) is 5.56 Å². The van der Waals surface area contributed by atoms with E-state index in [1.54, 1.807) is 4.57 Å². The predicted octanol–water partition coefficient (Wildman–Crippen LogP) is 3.15. The van der Waals surface area contributed by atoms with E-state index in [2.05, 4.69) is 24.4 Å². The molecule has 1 heterocycles. The molecule has 1 aromatic heterocycles. The lowest BCUT2D eigenvalue weighted by atomic mass is 9.97. The predicted molar refractivity (Wildman–Crippen MR) is 87.4 cm³/mol. The Bertz CT molecular complexity index is 849. The molecule has 21 heavy (non-hydrogen) atoms. The highest BCUT2D eigenvalue weighted by atomic mass is 16.1. The monoisotopic (exact) mass is 278 g/mol. The second-order valence-corrected chi connectivity index (χ2v) is 5.19. The van der Waals surface area contributed by atoms with Gasteiger partial charge in [0.2, 0.25) is 0 Å². The molecule has 0 amide bonds. The van der Waals surface area contributed by atoms with Gasteiger partial charge >= 0.3 is 0 Å². The van der Waals surface area contributed by atoms with Crippen LogP contribution in [0.25, 0.3) is 21.9 Å². The molecule has 0 saturated carbocycles. The summed E-state index contributed by atoms with van der Waals surface area (Å²) in [5.74, 6) is 0. The average molecular weight is 278 g/mol. The quantitative estimate of drug-likeness (QED) is 0.798. The first-order valence-electron chi connectivity index (χ1n) is 7.05. The molecule has 3 nitrogen and oxygen atoms in total. The van der Waals surface area contributed by atoms with Crippen LogP contribution in [0.2, 0.25) is 0 Å². The molecule has 3 heteroatoms. The SMILES string of the molecule is CNCn1cc(-c2ccccc2C)c2ccccc2c1=O. The van der Waals surface area contributed by atoms with E-state index in [0.29, 0.717) is 6.67 Å². The van der Waals surface area contributed by atoms with Crippen LogP contribution < -0.4 is 10.9 Å². The number of fused-ring (bicyclic) bond motifs is 1. The Morgan fingerprint density at radius 3 is 2.33 bits per heavy atom. The number of pyridine rings is 1. The van der Waals surface area contributed by atoms with E-state index >= 15 is 0 Å². The third-order valence-electron chi connectivity index (χ3n) is 3.76. The Hall–Kier alpha value is -2.39. The molecule has 0 radical (unpaired) electrons. The maximum absolute atomic E-state index is 12.5. The van der Waals surface area contributed by atoms with Crippen molar-refractivity contribution in [3.63, 3.8) is 0 Å². The average Bonchev–Trinajstić information content (AvgIpc) is 2.51. The number of aromatic nitrogens is 1. The number of nitrogens with one attached hydrogen (secondary N) is 1. The molecule has 0 aliphatic rings. The first kappa shape index (κ1) is 13.6. The van der Waals surface area contributed by atoms with Crippen molar-refractivity contribution in [3.05, 3.63) is 70.6 Å². The number of nitrogens with zero attached hydrogens (tertiary/aromatic N) is 1. The van der Waals surface area contributed by atoms with Crippen LogP contribution in [-0.2, 0) is 6.67 Å². The van der Waals surface area contributed by atoms with Crippen molar-refractivity contribution in [3.8, 4) is 11.1 Å². The van der Waals surface area contributed by atoms with Crippen molar-refractivity contribution in [2.24, 2.45) is 0 Å². The van der Waals surface area contributed by atoms with Crippen LogP contribution >= 0.6 is 0 Å². The second kappa shape index (κ2) is 5.54. The Kier molecular flexibility index (Phi) is 3.59. The molecule has 0 aliphatic heterocycles. The summed E-state index contributed by atoms with van der Waals surface area (Å²) >= 11 is 0. The van der Waals surface area contributed by atoms with Gasteiger partial charge in [0, 0.05) is 17.1 Å². The fourth-order valence-electron chi connectivity index (χ4n) is 2.72. The molecule has 0 spiro atoms. The van der Waals surface area contributed by atoms with E-state index in [-0.39, 0.29) is 5.56 Å². The number of hydrogen-bond acceptors (Lipinski definition) is 2. The molecule has 1 N–H and O–H groups in total. The molecule has 0 fully saturated rings. The summed E-state index contributed by atoms with van der Waals surface area (Å²) in [7, 11) is 1.84. The van der Waals surface area contributed by atoms with Crippen LogP contribution in [-0.4, -0.2) is 11.6 Å². The van der Waals surface area contributed by atoms with Crippen molar-refractivity contribution in [2.45, 2.75) is 13.6 Å². The lowest BCUT2D eigenvalue weighted by molar-refractivity contribution is 0.603. The van der Waals surface area contributed by atoms with Crippen molar-refractivity contribution in [2.75, 3.05) is 7.05 Å². The summed E-state index contributed by atoms with van der Waals surface area (Å²) in [6.07, 6.45) is 1.95. The molecule has 0 unspecified atom stereocenters. The van der Waals surface area contributed by atoms with Gasteiger partial charge in [-0.3, -0.25) is 4.79 Å². The summed E-state index contributed by atoms with van der Waals surface area (Å²) in [6, 6.07) is 16.1. The summed E-state index contributed by atoms with van der Waals surface area (Å²) in [6.45, 7) is 2.60. The van der Waals surface area contributed by atoms with E-state index in [0.717, 1.165) is 16.3 Å². The molecule has 3 aromatic rings. The van der Waals surface area contributed by atoms with Crippen molar-refractivity contribution in [1.29, 1.82) is 0 Å². The largest absolute Gasteiger partial charge is 0.303 e. The summed E-state index contributed by atoms with van der Waals surface area (Å²) < 4.78 is 1.73. The molecular formula is C18H18N2O. The van der Waals surface area contributed by atoms with Gasteiger partial charge in [-0.1, -0.05) is 42.5 Å². The van der Waals surface area contributed by atoms with Crippen molar-refractivity contribution >= 4 is 10.8 Å². The van der Waals surface area contributed by atoms with Crippen LogP contribution in [0.3, 0.4) is 0 Å². The Morgan fingerprint density at radius 2 is 1.62 bits per heavy atom. The Balaban J connectivity index is 2.39. The number of rotatable bonds is 3. The second-order valence-electron chi connectivity index (χ2n) is 5.19. The number of benzene rings is 2. The lowest BCUT2D eigenvalue weighted by Crippen LogP contribution is -2.26. The Morgan fingerprint density at radius 1 is 0.952 bits per heavy atom. The van der Waals surface area contributed by atoms with Crippen LogP contribution in [0.4, 0.5) is 0 Å². The van der Waals surface area contributed by atoms with Gasteiger partial charge in [0.1, 0.15) is 0 Å². The summed E-state index contributed by atoms with van der Waals surface area (Å²) in [5, 5.41) is 4.81. The van der Waals surface area contributed by atoms with Gasteiger partial charge in [0.15, 0.2) is 0 Å². The van der Waals surface area contributed by atoms with Crippen LogP contribution in [0.1, 0.15) is 5.56 Å². The minimum Gasteiger partial charge on any atom is -0.303 e. The molecular weight excluding hydrogens is 260 g/mol.